The van der Waals surface area contributed by atoms with Gasteiger partial charge in [0.15, 0.2) is 21.4 Å². The second kappa shape index (κ2) is 9.38. The molecule has 3 rings (SSSR count). The fraction of sp³-hybridized carbons (Fsp3) is 0.400. The number of ether oxygens (including phenoxy) is 2. The molecule has 11 heteroatoms. The lowest BCUT2D eigenvalue weighted by Gasteiger charge is -2.30. The molecule has 9 nitrogen and oxygen atoms in total. The Morgan fingerprint density at radius 3 is 2.61 bits per heavy atom. The van der Waals surface area contributed by atoms with Gasteiger partial charge in [0.25, 0.3) is 0 Å². The van der Waals surface area contributed by atoms with Crippen LogP contribution in [0.3, 0.4) is 0 Å². The molecule has 0 aliphatic carbocycles. The molecule has 2 N–H and O–H groups in total. The summed E-state index contributed by atoms with van der Waals surface area (Å²) in [5.74, 6) is 0.159. The highest BCUT2D eigenvalue weighted by molar-refractivity contribution is 7.90. The molecule has 0 bridgehead atoms. The molecule has 0 spiro atoms. The highest BCUT2D eigenvalue weighted by Gasteiger charge is 2.25. The first kappa shape index (κ1) is 22.6. The molecule has 2 heterocycles. The summed E-state index contributed by atoms with van der Waals surface area (Å²) >= 11 is 0. The average molecular weight is 453 g/mol. The Balaban J connectivity index is 1.81. The number of benzene rings is 1. The van der Waals surface area contributed by atoms with Gasteiger partial charge in [-0.2, -0.15) is 0 Å². The predicted molar refractivity (Wildman–Crippen MR) is 111 cm³/mol. The van der Waals surface area contributed by atoms with Crippen LogP contribution in [-0.4, -0.2) is 61.6 Å². The maximum Gasteiger partial charge on any atom is 0.407 e. The van der Waals surface area contributed by atoms with Crippen LogP contribution in [0.25, 0.3) is 0 Å². The molecular weight excluding hydrogens is 429 g/mol. The first-order chi connectivity index (χ1) is 14.7. The minimum Gasteiger partial charge on any atom is -0.487 e. The van der Waals surface area contributed by atoms with E-state index in [0.29, 0.717) is 38.3 Å². The van der Waals surface area contributed by atoms with Gasteiger partial charge in [-0.15, -0.1) is 0 Å². The third-order valence-electron chi connectivity index (χ3n) is 4.79. The Bertz CT molecular complexity index is 1050. The van der Waals surface area contributed by atoms with Crippen molar-refractivity contribution < 1.29 is 32.2 Å². The summed E-state index contributed by atoms with van der Waals surface area (Å²) in [7, 11) is -3.53. The van der Waals surface area contributed by atoms with E-state index in [4.69, 9.17) is 14.6 Å². The zero-order valence-electron chi connectivity index (χ0n) is 17.2. The minimum absolute atomic E-state index is 0.0350. The number of likely N-dealkylation sites (tertiary alicyclic amines) is 1. The lowest BCUT2D eigenvalue weighted by atomic mass is 10.1. The van der Waals surface area contributed by atoms with Crippen molar-refractivity contribution in [1.82, 2.24) is 9.88 Å². The SMILES string of the molecule is CCOc1c(OC2CCN(C(=O)O)CC2)ccnc1Nc1ccc(S(C)(=O)=O)cc1F. The highest BCUT2D eigenvalue weighted by Crippen LogP contribution is 2.37. The topological polar surface area (TPSA) is 118 Å². The summed E-state index contributed by atoms with van der Waals surface area (Å²) in [6, 6.07) is 5.19. The van der Waals surface area contributed by atoms with Crippen LogP contribution in [0.15, 0.2) is 35.4 Å². The van der Waals surface area contributed by atoms with Gasteiger partial charge in [-0.05, 0) is 25.1 Å². The second-order valence-corrected chi connectivity index (χ2v) is 9.06. The molecule has 0 unspecified atom stereocenters. The number of anilines is 2. The van der Waals surface area contributed by atoms with E-state index in [9.17, 15) is 17.6 Å². The standard InChI is InChI=1S/C20H24FN3O6S/c1-3-29-18-17(30-13-7-10-24(11-8-13)20(25)26)6-9-22-19(18)23-16-5-4-14(12-15(16)21)31(2,27)28/h4-6,9,12-13H,3,7-8,10-11H2,1-2H3,(H,22,23)(H,25,26). The molecule has 1 aliphatic rings. The number of hydrogen-bond acceptors (Lipinski definition) is 7. The summed E-state index contributed by atoms with van der Waals surface area (Å²) in [5, 5.41) is 11.9. The Kier molecular flexibility index (Phi) is 6.84. The minimum atomic E-state index is -3.53. The van der Waals surface area contributed by atoms with Gasteiger partial charge in [0.05, 0.1) is 17.2 Å². The molecule has 1 aliphatic heterocycles. The van der Waals surface area contributed by atoms with Crippen molar-refractivity contribution in [2.75, 3.05) is 31.3 Å². The number of piperidine rings is 1. The molecule has 2 aromatic rings. The zero-order chi connectivity index (χ0) is 22.6. The van der Waals surface area contributed by atoms with Crippen molar-refractivity contribution >= 4 is 27.4 Å². The summed E-state index contributed by atoms with van der Waals surface area (Å²) in [6.45, 7) is 2.84. The van der Waals surface area contributed by atoms with Crippen molar-refractivity contribution in [3.05, 3.63) is 36.3 Å². The lowest BCUT2D eigenvalue weighted by Crippen LogP contribution is -2.41. The zero-order valence-corrected chi connectivity index (χ0v) is 18.0. The summed E-state index contributed by atoms with van der Waals surface area (Å²) < 4.78 is 49.4. The smallest absolute Gasteiger partial charge is 0.407 e. The summed E-state index contributed by atoms with van der Waals surface area (Å²) in [5.41, 5.74) is 0.0350. The number of nitrogens with one attached hydrogen (secondary N) is 1. The van der Waals surface area contributed by atoms with E-state index in [1.54, 1.807) is 13.0 Å². The number of amides is 1. The fourth-order valence-electron chi connectivity index (χ4n) is 3.20. The van der Waals surface area contributed by atoms with E-state index in [0.717, 1.165) is 12.3 Å². The Hall–Kier alpha value is -3.08. The van der Waals surface area contributed by atoms with Crippen molar-refractivity contribution in [1.29, 1.82) is 0 Å². The number of rotatable bonds is 7. The first-order valence-electron chi connectivity index (χ1n) is 9.72. The van der Waals surface area contributed by atoms with Crippen LogP contribution in [0, 0.1) is 5.82 Å². The molecule has 0 radical (unpaired) electrons. The molecule has 1 saturated heterocycles. The molecule has 168 valence electrons. The van der Waals surface area contributed by atoms with E-state index in [1.807, 2.05) is 0 Å². The van der Waals surface area contributed by atoms with Gasteiger partial charge < -0.3 is 24.8 Å². The maximum absolute atomic E-state index is 14.5. The lowest BCUT2D eigenvalue weighted by molar-refractivity contribution is 0.0874. The molecule has 1 aromatic heterocycles. The fourth-order valence-corrected chi connectivity index (χ4v) is 3.83. The second-order valence-electron chi connectivity index (χ2n) is 7.05. The van der Waals surface area contributed by atoms with E-state index >= 15 is 0 Å². The molecule has 1 amide bonds. The molecule has 1 fully saturated rings. The molecule has 0 atom stereocenters. The van der Waals surface area contributed by atoms with Gasteiger partial charge in [0.1, 0.15) is 11.9 Å². The Labute approximate surface area is 179 Å². The Morgan fingerprint density at radius 2 is 2.03 bits per heavy atom. The number of halogens is 1. The average Bonchev–Trinajstić information content (AvgIpc) is 2.71. The van der Waals surface area contributed by atoms with Gasteiger partial charge >= 0.3 is 6.09 Å². The number of hydrogen-bond donors (Lipinski definition) is 2. The van der Waals surface area contributed by atoms with Gasteiger partial charge in [0, 0.05) is 44.5 Å². The number of pyridine rings is 1. The number of carbonyl (C=O) groups is 1. The van der Waals surface area contributed by atoms with Crippen molar-refractivity contribution in [2.45, 2.75) is 30.8 Å². The van der Waals surface area contributed by atoms with Gasteiger partial charge in [0.2, 0.25) is 5.75 Å². The van der Waals surface area contributed by atoms with Crippen LogP contribution in [0.2, 0.25) is 0 Å². The molecule has 0 saturated carbocycles. The Morgan fingerprint density at radius 1 is 1.32 bits per heavy atom. The normalized spacial score (nSPS) is 14.9. The largest absolute Gasteiger partial charge is 0.487 e. The summed E-state index contributed by atoms with van der Waals surface area (Å²) in [6.07, 6.45) is 2.40. The van der Waals surface area contributed by atoms with E-state index < -0.39 is 21.7 Å². The van der Waals surface area contributed by atoms with Crippen molar-refractivity contribution in [3.8, 4) is 11.5 Å². The van der Waals surface area contributed by atoms with E-state index in [1.165, 1.54) is 23.2 Å². The van der Waals surface area contributed by atoms with Crippen LogP contribution in [-0.2, 0) is 9.84 Å². The highest BCUT2D eigenvalue weighted by atomic mass is 32.2. The number of sulfone groups is 1. The van der Waals surface area contributed by atoms with Crippen LogP contribution in [0.1, 0.15) is 19.8 Å². The van der Waals surface area contributed by atoms with Gasteiger partial charge in [-0.1, -0.05) is 0 Å². The monoisotopic (exact) mass is 453 g/mol. The van der Waals surface area contributed by atoms with Crippen LogP contribution < -0.4 is 14.8 Å². The number of nitrogens with zero attached hydrogens (tertiary/aromatic N) is 2. The van der Waals surface area contributed by atoms with Crippen molar-refractivity contribution in [3.63, 3.8) is 0 Å². The maximum atomic E-state index is 14.5. The number of aromatic nitrogens is 1. The third-order valence-corrected chi connectivity index (χ3v) is 5.90. The van der Waals surface area contributed by atoms with E-state index in [2.05, 4.69) is 10.3 Å². The van der Waals surface area contributed by atoms with Gasteiger partial charge in [-0.25, -0.2) is 22.6 Å². The summed E-state index contributed by atoms with van der Waals surface area (Å²) in [4.78, 5) is 16.5. The quantitative estimate of drug-likeness (QED) is 0.656. The predicted octanol–water partition coefficient (Wildman–Crippen LogP) is 3.29. The van der Waals surface area contributed by atoms with Crippen molar-refractivity contribution in [2.24, 2.45) is 0 Å². The van der Waals surface area contributed by atoms with Crippen LogP contribution in [0.5, 0.6) is 11.5 Å². The van der Waals surface area contributed by atoms with Gasteiger partial charge in [-0.3, -0.25) is 0 Å². The molecule has 1 aromatic carbocycles. The third kappa shape index (κ3) is 5.54. The molecule has 31 heavy (non-hydrogen) atoms. The van der Waals surface area contributed by atoms with Crippen LogP contribution >= 0.6 is 0 Å². The molecular formula is C20H24FN3O6S. The van der Waals surface area contributed by atoms with E-state index in [-0.39, 0.29) is 28.3 Å². The van der Waals surface area contributed by atoms with Crippen LogP contribution in [0.4, 0.5) is 20.7 Å². The first-order valence-corrected chi connectivity index (χ1v) is 11.6. The number of carboxylic acid groups (broad SMARTS) is 1.